The fraction of sp³-hybridized carbons (Fsp3) is 0.350. The van der Waals surface area contributed by atoms with Gasteiger partial charge in [-0.2, -0.15) is 0 Å². The maximum absolute atomic E-state index is 12.5. The number of hydrogen-bond donors (Lipinski definition) is 2. The van der Waals surface area contributed by atoms with E-state index in [4.69, 9.17) is 0 Å². The lowest BCUT2D eigenvalue weighted by Gasteiger charge is -2.23. The summed E-state index contributed by atoms with van der Waals surface area (Å²) in [5.74, 6) is -0.857. The average molecular weight is 386 g/mol. The molecule has 28 heavy (non-hydrogen) atoms. The molecule has 0 aliphatic carbocycles. The molecule has 0 atom stereocenters. The highest BCUT2D eigenvalue weighted by atomic mass is 16.6. The van der Waals surface area contributed by atoms with Crippen molar-refractivity contribution in [2.24, 2.45) is 0 Å². The molecule has 0 spiro atoms. The molecule has 1 fully saturated rings. The number of nitrogens with zero attached hydrogens (tertiary/aromatic N) is 3. The van der Waals surface area contributed by atoms with Crippen LogP contribution in [0.25, 0.3) is 0 Å². The van der Waals surface area contributed by atoms with E-state index in [0.29, 0.717) is 5.56 Å². The van der Waals surface area contributed by atoms with Gasteiger partial charge in [-0.25, -0.2) is 0 Å². The molecule has 1 aliphatic rings. The summed E-state index contributed by atoms with van der Waals surface area (Å²) in [7, 11) is 2.11. The van der Waals surface area contributed by atoms with Crippen LogP contribution in [0.2, 0.25) is 0 Å². The van der Waals surface area contributed by atoms with Gasteiger partial charge in [-0.05, 0) is 50.3 Å². The van der Waals surface area contributed by atoms with Crippen molar-refractivity contribution in [2.45, 2.75) is 13.8 Å². The minimum Gasteiger partial charge on any atom is -0.505 e. The smallest absolute Gasteiger partial charge is 0.296 e. The van der Waals surface area contributed by atoms with Crippen molar-refractivity contribution in [3.05, 3.63) is 58.1 Å². The van der Waals surface area contributed by atoms with Gasteiger partial charge in [0, 0.05) is 37.0 Å². The number of nitrogens with one attached hydrogen (secondary N) is 1. The number of aromatic hydroxyl groups is 1. The fourth-order valence-electron chi connectivity index (χ4n) is 3.12. The van der Waals surface area contributed by atoms with Crippen LogP contribution in [0.5, 0.6) is 5.75 Å². The predicted molar refractivity (Wildman–Crippen MR) is 110 cm³/mol. The topological polar surface area (TPSA) is 99.0 Å². The molecule has 3 rings (SSSR count). The van der Waals surface area contributed by atoms with Gasteiger partial charge in [-0.3, -0.25) is 14.9 Å². The number of phenols is 1. The molecular formula is C20H26N4O4. The van der Waals surface area contributed by atoms with Crippen LogP contribution in [-0.4, -0.2) is 54.1 Å². The Morgan fingerprint density at radius 1 is 1.11 bits per heavy atom. The Balaban J connectivity index is 0.00000280. The van der Waals surface area contributed by atoms with Gasteiger partial charge in [0.05, 0.1) is 4.92 Å². The van der Waals surface area contributed by atoms with E-state index in [1.165, 1.54) is 18.2 Å². The molecule has 2 N–H and O–H groups in total. The Morgan fingerprint density at radius 2 is 1.82 bits per heavy atom. The molecule has 0 bridgehead atoms. The van der Waals surface area contributed by atoms with Crippen LogP contribution < -0.4 is 10.2 Å². The molecule has 8 heteroatoms. The van der Waals surface area contributed by atoms with Crippen molar-refractivity contribution in [3.63, 3.8) is 0 Å². The molecule has 1 aliphatic heterocycles. The molecule has 2 aromatic carbocycles. The Morgan fingerprint density at radius 3 is 2.50 bits per heavy atom. The molecule has 0 unspecified atom stereocenters. The lowest BCUT2D eigenvalue weighted by atomic mass is 10.1. The first kappa shape index (κ1) is 21.2. The van der Waals surface area contributed by atoms with E-state index < -0.39 is 10.8 Å². The number of anilines is 2. The largest absolute Gasteiger partial charge is 0.505 e. The summed E-state index contributed by atoms with van der Waals surface area (Å²) in [5, 5.41) is 23.4. The third-order valence-electron chi connectivity index (χ3n) is 4.67. The van der Waals surface area contributed by atoms with Crippen molar-refractivity contribution < 1.29 is 14.8 Å². The van der Waals surface area contributed by atoms with E-state index in [2.05, 4.69) is 22.2 Å². The number of carbonyl (C=O) groups is 1. The minimum absolute atomic E-state index is 0. The van der Waals surface area contributed by atoms with Crippen LogP contribution in [-0.2, 0) is 0 Å². The minimum atomic E-state index is -0.644. The quantitative estimate of drug-likeness (QED) is 0.475. The van der Waals surface area contributed by atoms with Crippen LogP contribution in [0, 0.1) is 10.1 Å². The van der Waals surface area contributed by atoms with E-state index in [0.717, 1.165) is 38.3 Å². The van der Waals surface area contributed by atoms with Crippen LogP contribution in [0.15, 0.2) is 42.5 Å². The summed E-state index contributed by atoms with van der Waals surface area (Å²) in [4.78, 5) is 27.5. The number of amides is 1. The highest BCUT2D eigenvalue weighted by Crippen LogP contribution is 2.33. The van der Waals surface area contributed by atoms with Gasteiger partial charge < -0.3 is 20.2 Å². The molecule has 150 valence electrons. The van der Waals surface area contributed by atoms with Crippen LogP contribution in [0.1, 0.15) is 24.2 Å². The Bertz CT molecular complexity index is 839. The molecule has 0 radical (unpaired) electrons. The van der Waals surface area contributed by atoms with Crippen LogP contribution in [0.4, 0.5) is 17.1 Å². The number of phenolic OH excluding ortho intramolecular Hbond substituents is 1. The second-order valence-corrected chi connectivity index (χ2v) is 6.57. The molecule has 1 heterocycles. The number of hydrogen-bond acceptors (Lipinski definition) is 6. The fourth-order valence-corrected chi connectivity index (χ4v) is 3.12. The van der Waals surface area contributed by atoms with E-state index in [1.54, 1.807) is 12.1 Å². The number of likely N-dealkylation sites (N-methyl/N-ethyl adjacent to an activating group) is 1. The number of nitro benzene ring substituents is 1. The third-order valence-corrected chi connectivity index (χ3v) is 4.67. The zero-order chi connectivity index (χ0) is 19.4. The summed E-state index contributed by atoms with van der Waals surface area (Å²) >= 11 is 0. The zero-order valence-corrected chi connectivity index (χ0v) is 15.1. The van der Waals surface area contributed by atoms with E-state index in [9.17, 15) is 20.0 Å². The van der Waals surface area contributed by atoms with Crippen molar-refractivity contribution in [3.8, 4) is 5.75 Å². The molecule has 1 saturated heterocycles. The molecule has 2 aromatic rings. The summed E-state index contributed by atoms with van der Waals surface area (Å²) in [6, 6.07) is 11.0. The first-order valence-electron chi connectivity index (χ1n) is 8.77. The highest BCUT2D eigenvalue weighted by molar-refractivity contribution is 6.06. The molecule has 1 amide bonds. The summed E-state index contributed by atoms with van der Waals surface area (Å²) < 4.78 is 0. The van der Waals surface area contributed by atoms with Crippen LogP contribution >= 0.6 is 0 Å². The highest BCUT2D eigenvalue weighted by Gasteiger charge is 2.20. The van der Waals surface area contributed by atoms with Crippen molar-refractivity contribution in [2.75, 3.05) is 43.4 Å². The first-order chi connectivity index (χ1) is 13.0. The average Bonchev–Trinajstić information content (AvgIpc) is 2.88. The number of para-hydroxylation sites is 1. The lowest BCUT2D eigenvalue weighted by molar-refractivity contribution is -0.384. The number of carbonyl (C=O) groups excluding carboxylic acids is 1. The lowest BCUT2D eigenvalue weighted by Crippen LogP contribution is -2.28. The number of benzene rings is 2. The van der Waals surface area contributed by atoms with Gasteiger partial charge >= 0.3 is 0 Å². The monoisotopic (exact) mass is 386 g/mol. The van der Waals surface area contributed by atoms with E-state index in [1.807, 2.05) is 12.1 Å². The third kappa shape index (κ3) is 4.77. The Labute approximate surface area is 164 Å². The second kappa shape index (κ2) is 9.18. The molecular weight excluding hydrogens is 360 g/mol. The van der Waals surface area contributed by atoms with E-state index in [-0.39, 0.29) is 24.6 Å². The standard InChI is InChI=1S/C19H22N4O4.CH4/c1-21-10-3-11-22(13-12-21)15-8-6-14(7-9-15)19(25)20-18-16(23(26)27)4-2-5-17(18)24;/h2,4-9,24H,3,10-13H2,1H3,(H,20,25);1H4. The maximum atomic E-state index is 12.5. The summed E-state index contributed by atoms with van der Waals surface area (Å²) in [5.41, 5.74) is 0.847. The Kier molecular flexibility index (Phi) is 6.94. The SMILES string of the molecule is C.CN1CCCN(c2ccc(C(=O)Nc3c(O)cccc3[N+](=O)[O-])cc2)CC1. The van der Waals surface area contributed by atoms with Crippen molar-refractivity contribution >= 4 is 23.0 Å². The molecule has 0 saturated carbocycles. The van der Waals surface area contributed by atoms with Gasteiger partial charge in [0.1, 0.15) is 5.75 Å². The van der Waals surface area contributed by atoms with Gasteiger partial charge in [0.15, 0.2) is 5.69 Å². The summed E-state index contributed by atoms with van der Waals surface area (Å²) in [6.07, 6.45) is 1.08. The normalized spacial score (nSPS) is 14.7. The van der Waals surface area contributed by atoms with Gasteiger partial charge in [-0.15, -0.1) is 0 Å². The van der Waals surface area contributed by atoms with Crippen molar-refractivity contribution in [1.82, 2.24) is 4.90 Å². The molecule has 0 aromatic heterocycles. The van der Waals surface area contributed by atoms with Gasteiger partial charge in [0.25, 0.3) is 11.6 Å². The zero-order valence-electron chi connectivity index (χ0n) is 15.1. The van der Waals surface area contributed by atoms with Gasteiger partial charge in [-0.1, -0.05) is 13.5 Å². The maximum Gasteiger partial charge on any atom is 0.296 e. The number of rotatable bonds is 4. The molecule has 8 nitrogen and oxygen atoms in total. The van der Waals surface area contributed by atoms with E-state index >= 15 is 0 Å². The first-order valence-corrected chi connectivity index (χ1v) is 8.77. The van der Waals surface area contributed by atoms with Crippen LogP contribution in [0.3, 0.4) is 0 Å². The van der Waals surface area contributed by atoms with Crippen molar-refractivity contribution in [1.29, 1.82) is 0 Å². The Hall–Kier alpha value is -3.13. The second-order valence-electron chi connectivity index (χ2n) is 6.57. The number of nitro groups is 1. The van der Waals surface area contributed by atoms with Gasteiger partial charge in [0.2, 0.25) is 0 Å². The predicted octanol–water partition coefficient (Wildman–Crippen LogP) is 3.33. The summed E-state index contributed by atoms with van der Waals surface area (Å²) in [6.45, 7) is 3.93.